The summed E-state index contributed by atoms with van der Waals surface area (Å²) in [5, 5.41) is 2.91. The number of amides is 1. The molecule has 0 radical (unpaired) electrons. The van der Waals surface area contributed by atoms with Crippen LogP contribution in [0.4, 0.5) is 5.69 Å². The minimum Gasteiger partial charge on any atom is -0.328 e. The Kier molecular flexibility index (Phi) is 4.08. The van der Waals surface area contributed by atoms with Crippen molar-refractivity contribution in [3.8, 4) is 0 Å². The van der Waals surface area contributed by atoms with Gasteiger partial charge in [-0.15, -0.1) is 0 Å². The number of fused-ring (bicyclic) bond motifs is 1. The number of nitrogens with two attached hydrogens (primary N) is 1. The van der Waals surface area contributed by atoms with Crippen LogP contribution in [0.25, 0.3) is 11.0 Å². The molecule has 110 valence electrons. The second kappa shape index (κ2) is 6.15. The highest BCUT2D eigenvalue weighted by molar-refractivity contribution is 5.94. The third-order valence-electron chi connectivity index (χ3n) is 3.75. The van der Waals surface area contributed by atoms with Crippen LogP contribution in [0.2, 0.25) is 0 Å². The Morgan fingerprint density at radius 3 is 2.71 bits per heavy atom. The Morgan fingerprint density at radius 2 is 1.95 bits per heavy atom. The molecule has 2 heterocycles. The molecule has 6 nitrogen and oxygen atoms in total. The first-order valence-corrected chi connectivity index (χ1v) is 7.19. The van der Waals surface area contributed by atoms with Gasteiger partial charge in [-0.1, -0.05) is 0 Å². The Bertz CT molecular complexity index is 637. The van der Waals surface area contributed by atoms with Crippen molar-refractivity contribution >= 4 is 22.6 Å². The number of carbonyl (C=O) groups excluding carboxylic acids is 1. The third kappa shape index (κ3) is 3.53. The van der Waals surface area contributed by atoms with Gasteiger partial charge in [0, 0.05) is 37.2 Å². The van der Waals surface area contributed by atoms with E-state index >= 15 is 0 Å². The Labute approximate surface area is 123 Å². The number of nitrogens with one attached hydrogen (secondary N) is 1. The molecule has 0 unspecified atom stereocenters. The normalized spacial score (nSPS) is 17.0. The monoisotopic (exact) mass is 285 g/mol. The van der Waals surface area contributed by atoms with E-state index in [9.17, 15) is 4.79 Å². The lowest BCUT2D eigenvalue weighted by molar-refractivity contribution is -0.117. The van der Waals surface area contributed by atoms with Gasteiger partial charge < -0.3 is 11.1 Å². The molecule has 1 aromatic carbocycles. The molecule has 0 aliphatic carbocycles. The molecule has 0 bridgehead atoms. The highest BCUT2D eigenvalue weighted by Crippen LogP contribution is 2.15. The number of hydrogen-bond acceptors (Lipinski definition) is 5. The summed E-state index contributed by atoms with van der Waals surface area (Å²) < 4.78 is 0. The van der Waals surface area contributed by atoms with Crippen LogP contribution >= 0.6 is 0 Å². The van der Waals surface area contributed by atoms with Crippen molar-refractivity contribution in [2.75, 3.05) is 25.0 Å². The second-order valence-corrected chi connectivity index (χ2v) is 5.42. The molecule has 1 fully saturated rings. The topological polar surface area (TPSA) is 84.1 Å². The molecule has 1 saturated heterocycles. The number of piperidine rings is 1. The first-order chi connectivity index (χ1) is 10.2. The highest BCUT2D eigenvalue weighted by Gasteiger charge is 2.18. The molecule has 6 heteroatoms. The van der Waals surface area contributed by atoms with Crippen LogP contribution in [0.15, 0.2) is 30.6 Å². The fourth-order valence-electron chi connectivity index (χ4n) is 2.56. The molecule has 0 saturated carbocycles. The zero-order valence-electron chi connectivity index (χ0n) is 11.8. The van der Waals surface area contributed by atoms with Gasteiger partial charge in [-0.3, -0.25) is 19.7 Å². The summed E-state index contributed by atoms with van der Waals surface area (Å²) >= 11 is 0. The molecule has 3 N–H and O–H groups in total. The SMILES string of the molecule is NC1CCN(CC(=O)Nc2ccc3nccnc3c2)CC1. The molecule has 3 rings (SSSR count). The average Bonchev–Trinajstić information content (AvgIpc) is 2.49. The minimum atomic E-state index is -0.00582. The smallest absolute Gasteiger partial charge is 0.238 e. The van der Waals surface area contributed by atoms with E-state index < -0.39 is 0 Å². The van der Waals surface area contributed by atoms with Gasteiger partial charge in [-0.2, -0.15) is 0 Å². The maximum atomic E-state index is 12.1. The van der Waals surface area contributed by atoms with E-state index in [1.165, 1.54) is 0 Å². The molecule has 0 spiro atoms. The van der Waals surface area contributed by atoms with Gasteiger partial charge in [-0.05, 0) is 31.0 Å². The summed E-state index contributed by atoms with van der Waals surface area (Å²) in [6, 6.07) is 5.83. The minimum absolute atomic E-state index is 0.00582. The van der Waals surface area contributed by atoms with Crippen molar-refractivity contribution < 1.29 is 4.79 Å². The van der Waals surface area contributed by atoms with Crippen LogP contribution in [0.3, 0.4) is 0 Å². The molecule has 2 aromatic rings. The highest BCUT2D eigenvalue weighted by atomic mass is 16.2. The van der Waals surface area contributed by atoms with Crippen molar-refractivity contribution in [1.82, 2.24) is 14.9 Å². The third-order valence-corrected chi connectivity index (χ3v) is 3.75. The molecular weight excluding hydrogens is 266 g/mol. The molecule has 1 amide bonds. The van der Waals surface area contributed by atoms with Gasteiger partial charge in [0.25, 0.3) is 0 Å². The van der Waals surface area contributed by atoms with E-state index in [0.29, 0.717) is 6.54 Å². The van der Waals surface area contributed by atoms with Gasteiger partial charge in [0.05, 0.1) is 17.6 Å². The van der Waals surface area contributed by atoms with Gasteiger partial charge in [0.2, 0.25) is 5.91 Å². The molecule has 21 heavy (non-hydrogen) atoms. The number of likely N-dealkylation sites (tertiary alicyclic amines) is 1. The van der Waals surface area contributed by atoms with Crippen molar-refractivity contribution in [2.24, 2.45) is 5.73 Å². The summed E-state index contributed by atoms with van der Waals surface area (Å²) in [7, 11) is 0. The lowest BCUT2D eigenvalue weighted by atomic mass is 10.1. The summed E-state index contributed by atoms with van der Waals surface area (Å²) in [6.45, 7) is 2.18. The number of aromatic nitrogens is 2. The Balaban J connectivity index is 1.60. The maximum absolute atomic E-state index is 12.1. The molecule has 1 aliphatic rings. The van der Waals surface area contributed by atoms with Gasteiger partial charge in [0.15, 0.2) is 0 Å². The number of anilines is 1. The largest absolute Gasteiger partial charge is 0.328 e. The number of rotatable bonds is 3. The van der Waals surface area contributed by atoms with E-state index in [4.69, 9.17) is 5.73 Å². The zero-order valence-corrected chi connectivity index (χ0v) is 11.8. The average molecular weight is 285 g/mol. The van der Waals surface area contributed by atoms with Gasteiger partial charge in [-0.25, -0.2) is 0 Å². The van der Waals surface area contributed by atoms with Gasteiger partial charge >= 0.3 is 0 Å². The van der Waals surface area contributed by atoms with Crippen LogP contribution in [-0.4, -0.2) is 46.5 Å². The Morgan fingerprint density at radius 1 is 1.24 bits per heavy atom. The van der Waals surface area contributed by atoms with Crippen LogP contribution in [-0.2, 0) is 4.79 Å². The van der Waals surface area contributed by atoms with Crippen molar-refractivity contribution in [3.63, 3.8) is 0 Å². The van der Waals surface area contributed by atoms with E-state index in [0.717, 1.165) is 42.7 Å². The molecular formula is C15H19N5O. The standard InChI is InChI=1S/C15H19N5O/c16-11-3-7-20(8-4-11)10-15(21)19-12-1-2-13-14(9-12)18-6-5-17-13/h1-2,5-6,9,11H,3-4,7-8,10,16H2,(H,19,21). The second-order valence-electron chi connectivity index (χ2n) is 5.42. The number of benzene rings is 1. The molecule has 0 atom stereocenters. The number of nitrogens with zero attached hydrogens (tertiary/aromatic N) is 3. The van der Waals surface area contributed by atoms with Gasteiger partial charge in [0.1, 0.15) is 0 Å². The predicted molar refractivity (Wildman–Crippen MR) is 81.8 cm³/mol. The fourth-order valence-corrected chi connectivity index (χ4v) is 2.56. The number of carbonyl (C=O) groups is 1. The van der Waals surface area contributed by atoms with E-state index in [-0.39, 0.29) is 11.9 Å². The number of hydrogen-bond donors (Lipinski definition) is 2. The van der Waals surface area contributed by atoms with E-state index in [1.54, 1.807) is 12.4 Å². The lowest BCUT2D eigenvalue weighted by Crippen LogP contribution is -2.43. The van der Waals surface area contributed by atoms with Crippen molar-refractivity contribution in [2.45, 2.75) is 18.9 Å². The molecule has 1 aromatic heterocycles. The van der Waals surface area contributed by atoms with Crippen LogP contribution in [0, 0.1) is 0 Å². The van der Waals surface area contributed by atoms with E-state index in [2.05, 4.69) is 20.2 Å². The maximum Gasteiger partial charge on any atom is 0.238 e. The van der Waals surface area contributed by atoms with Crippen molar-refractivity contribution in [3.05, 3.63) is 30.6 Å². The first-order valence-electron chi connectivity index (χ1n) is 7.19. The van der Waals surface area contributed by atoms with Crippen LogP contribution < -0.4 is 11.1 Å². The summed E-state index contributed by atoms with van der Waals surface area (Å²) in [5.74, 6) is -0.00582. The fraction of sp³-hybridized carbons (Fsp3) is 0.400. The zero-order chi connectivity index (χ0) is 14.7. The summed E-state index contributed by atoms with van der Waals surface area (Å²) in [6.07, 6.45) is 5.21. The summed E-state index contributed by atoms with van der Waals surface area (Å²) in [5.41, 5.74) is 8.21. The lowest BCUT2D eigenvalue weighted by Gasteiger charge is -2.29. The Hall–Kier alpha value is -2.05. The quantitative estimate of drug-likeness (QED) is 0.878. The summed E-state index contributed by atoms with van der Waals surface area (Å²) in [4.78, 5) is 22.7. The van der Waals surface area contributed by atoms with Crippen molar-refractivity contribution in [1.29, 1.82) is 0 Å². The van der Waals surface area contributed by atoms with Crippen LogP contribution in [0.1, 0.15) is 12.8 Å². The van der Waals surface area contributed by atoms with Crippen LogP contribution in [0.5, 0.6) is 0 Å². The molecule has 1 aliphatic heterocycles. The van der Waals surface area contributed by atoms with E-state index in [1.807, 2.05) is 18.2 Å². The first kappa shape index (κ1) is 13.9. The predicted octanol–water partition coefficient (Wildman–Crippen LogP) is 0.991.